The van der Waals surface area contributed by atoms with E-state index in [1.165, 1.54) is 25.3 Å². The van der Waals surface area contributed by atoms with Crippen LogP contribution in [0.4, 0.5) is 0 Å². The summed E-state index contributed by atoms with van der Waals surface area (Å²) in [6.07, 6.45) is 0. The molecule has 0 heterocycles. The van der Waals surface area contributed by atoms with E-state index in [0.29, 0.717) is 18.2 Å². The van der Waals surface area contributed by atoms with Crippen molar-refractivity contribution in [3.63, 3.8) is 0 Å². The molecule has 0 aliphatic carbocycles. The van der Waals surface area contributed by atoms with Crippen molar-refractivity contribution in [3.05, 3.63) is 23.8 Å². The van der Waals surface area contributed by atoms with Crippen molar-refractivity contribution in [1.82, 2.24) is 5.32 Å². The Morgan fingerprint density at radius 3 is 2.60 bits per heavy atom. The number of methoxy groups -OCH3 is 1. The Bertz CT molecular complexity index is 484. The first-order chi connectivity index (χ1) is 9.43. The van der Waals surface area contributed by atoms with E-state index in [-0.39, 0.29) is 23.8 Å². The molecule has 0 unspecified atom stereocenters. The van der Waals surface area contributed by atoms with Gasteiger partial charge in [-0.05, 0) is 18.1 Å². The van der Waals surface area contributed by atoms with E-state index < -0.39 is 5.97 Å². The molecule has 0 saturated heterocycles. The molecule has 0 aliphatic rings. The predicted molar refractivity (Wildman–Crippen MR) is 73.3 cm³/mol. The topological polar surface area (TPSA) is 84.9 Å². The predicted octanol–water partition coefficient (Wildman–Crippen LogP) is 1.54. The SMILES string of the molecule is COc1ccc(C(=O)O)c(OCC(=O)NCC(C)C)c1. The lowest BCUT2D eigenvalue weighted by Crippen LogP contribution is -2.31. The number of hydrogen-bond donors (Lipinski definition) is 2. The monoisotopic (exact) mass is 281 g/mol. The second-order valence-corrected chi connectivity index (χ2v) is 4.65. The first-order valence-electron chi connectivity index (χ1n) is 6.25. The van der Waals surface area contributed by atoms with E-state index in [4.69, 9.17) is 14.6 Å². The van der Waals surface area contributed by atoms with E-state index in [1.54, 1.807) is 0 Å². The zero-order valence-corrected chi connectivity index (χ0v) is 11.8. The lowest BCUT2D eigenvalue weighted by molar-refractivity contribution is -0.123. The summed E-state index contributed by atoms with van der Waals surface area (Å²) in [5.41, 5.74) is -0.0116. The molecule has 0 fully saturated rings. The summed E-state index contributed by atoms with van der Waals surface area (Å²) in [6.45, 7) is 4.27. The van der Waals surface area contributed by atoms with Gasteiger partial charge in [-0.25, -0.2) is 4.79 Å². The average molecular weight is 281 g/mol. The fraction of sp³-hybridized carbons (Fsp3) is 0.429. The van der Waals surface area contributed by atoms with E-state index in [0.717, 1.165) is 0 Å². The summed E-state index contributed by atoms with van der Waals surface area (Å²) in [5.74, 6) is -0.502. The molecular weight excluding hydrogens is 262 g/mol. The number of rotatable bonds is 7. The fourth-order valence-corrected chi connectivity index (χ4v) is 1.44. The van der Waals surface area contributed by atoms with Crippen LogP contribution in [0.1, 0.15) is 24.2 Å². The Kier molecular flexibility index (Phi) is 5.83. The van der Waals surface area contributed by atoms with Crippen molar-refractivity contribution < 1.29 is 24.2 Å². The molecule has 1 aromatic carbocycles. The Morgan fingerprint density at radius 2 is 2.05 bits per heavy atom. The maximum Gasteiger partial charge on any atom is 0.339 e. The quantitative estimate of drug-likeness (QED) is 0.792. The summed E-state index contributed by atoms with van der Waals surface area (Å²) in [6, 6.07) is 4.34. The number of ether oxygens (including phenoxy) is 2. The maximum atomic E-state index is 11.5. The molecule has 0 aromatic heterocycles. The molecule has 2 N–H and O–H groups in total. The van der Waals surface area contributed by atoms with Crippen molar-refractivity contribution in [2.24, 2.45) is 5.92 Å². The zero-order valence-electron chi connectivity index (χ0n) is 11.8. The Morgan fingerprint density at radius 1 is 1.35 bits per heavy atom. The minimum Gasteiger partial charge on any atom is -0.497 e. The van der Waals surface area contributed by atoms with Gasteiger partial charge in [0.25, 0.3) is 5.91 Å². The van der Waals surface area contributed by atoms with Crippen LogP contribution in [0, 0.1) is 5.92 Å². The van der Waals surface area contributed by atoms with Gasteiger partial charge in [-0.1, -0.05) is 13.8 Å². The highest BCUT2D eigenvalue weighted by Gasteiger charge is 2.14. The molecule has 0 spiro atoms. The van der Waals surface area contributed by atoms with Crippen LogP contribution in [0.2, 0.25) is 0 Å². The molecule has 0 atom stereocenters. The Hall–Kier alpha value is -2.24. The lowest BCUT2D eigenvalue weighted by atomic mass is 10.2. The summed E-state index contributed by atoms with van der Waals surface area (Å²) in [4.78, 5) is 22.6. The van der Waals surface area contributed by atoms with Crippen LogP contribution < -0.4 is 14.8 Å². The summed E-state index contributed by atoms with van der Waals surface area (Å²) in [5, 5.41) is 11.7. The van der Waals surface area contributed by atoms with Gasteiger partial charge in [0.05, 0.1) is 7.11 Å². The number of carbonyl (C=O) groups is 2. The molecule has 6 heteroatoms. The lowest BCUT2D eigenvalue weighted by Gasteiger charge is -2.11. The van der Waals surface area contributed by atoms with E-state index in [1.807, 2.05) is 13.8 Å². The van der Waals surface area contributed by atoms with E-state index >= 15 is 0 Å². The van der Waals surface area contributed by atoms with Crippen LogP contribution in [0.3, 0.4) is 0 Å². The molecule has 0 aliphatic heterocycles. The van der Waals surface area contributed by atoms with Crippen LogP contribution in [-0.4, -0.2) is 37.2 Å². The largest absolute Gasteiger partial charge is 0.497 e. The van der Waals surface area contributed by atoms with Gasteiger partial charge >= 0.3 is 5.97 Å². The van der Waals surface area contributed by atoms with Crippen molar-refractivity contribution in [1.29, 1.82) is 0 Å². The van der Waals surface area contributed by atoms with Crippen LogP contribution in [0.25, 0.3) is 0 Å². The molecule has 110 valence electrons. The van der Waals surface area contributed by atoms with Gasteiger partial charge in [0.1, 0.15) is 17.1 Å². The van der Waals surface area contributed by atoms with Gasteiger partial charge in [-0.15, -0.1) is 0 Å². The van der Waals surface area contributed by atoms with Gasteiger partial charge in [-0.2, -0.15) is 0 Å². The van der Waals surface area contributed by atoms with Gasteiger partial charge in [0.2, 0.25) is 0 Å². The van der Waals surface area contributed by atoms with Gasteiger partial charge < -0.3 is 19.9 Å². The molecule has 1 amide bonds. The highest BCUT2D eigenvalue weighted by molar-refractivity contribution is 5.91. The standard InChI is InChI=1S/C14H19NO5/c1-9(2)7-15-13(16)8-20-12-6-10(19-3)4-5-11(12)14(17)18/h4-6,9H,7-8H2,1-3H3,(H,15,16)(H,17,18). The third-order valence-corrected chi connectivity index (χ3v) is 2.49. The molecule has 1 aromatic rings. The minimum atomic E-state index is -1.12. The number of aromatic carboxylic acids is 1. The molecule has 0 bridgehead atoms. The van der Waals surface area contributed by atoms with Crippen molar-refractivity contribution in [2.45, 2.75) is 13.8 Å². The van der Waals surface area contributed by atoms with Gasteiger partial charge in [-0.3, -0.25) is 4.79 Å². The smallest absolute Gasteiger partial charge is 0.339 e. The normalized spacial score (nSPS) is 10.2. The Balaban J connectivity index is 2.70. The number of carbonyl (C=O) groups excluding carboxylic acids is 1. The molecule has 0 saturated carbocycles. The number of hydrogen-bond acceptors (Lipinski definition) is 4. The fourth-order valence-electron chi connectivity index (χ4n) is 1.44. The maximum absolute atomic E-state index is 11.5. The van der Waals surface area contributed by atoms with E-state index in [9.17, 15) is 9.59 Å². The van der Waals surface area contributed by atoms with Crippen LogP contribution in [0.15, 0.2) is 18.2 Å². The van der Waals surface area contributed by atoms with Crippen molar-refractivity contribution in [3.8, 4) is 11.5 Å². The van der Waals surface area contributed by atoms with Crippen molar-refractivity contribution >= 4 is 11.9 Å². The highest BCUT2D eigenvalue weighted by atomic mass is 16.5. The summed E-state index contributed by atoms with van der Waals surface area (Å²) >= 11 is 0. The van der Waals surface area contributed by atoms with Crippen LogP contribution in [0.5, 0.6) is 11.5 Å². The average Bonchev–Trinajstić information content (AvgIpc) is 2.42. The molecule has 0 radical (unpaired) electrons. The molecule has 6 nitrogen and oxygen atoms in total. The molecular formula is C14H19NO5. The van der Waals surface area contributed by atoms with E-state index in [2.05, 4.69) is 5.32 Å². The first kappa shape index (κ1) is 15.8. The van der Waals surface area contributed by atoms with Gasteiger partial charge in [0.15, 0.2) is 6.61 Å². The first-order valence-corrected chi connectivity index (χ1v) is 6.25. The number of carboxylic acid groups (broad SMARTS) is 1. The van der Waals surface area contributed by atoms with Crippen molar-refractivity contribution in [2.75, 3.05) is 20.3 Å². The molecule has 1 rings (SSSR count). The third-order valence-electron chi connectivity index (χ3n) is 2.49. The number of carboxylic acids is 1. The second kappa shape index (κ2) is 7.37. The highest BCUT2D eigenvalue weighted by Crippen LogP contribution is 2.24. The zero-order chi connectivity index (χ0) is 15.1. The number of amides is 1. The summed E-state index contributed by atoms with van der Waals surface area (Å²) < 4.78 is 10.3. The Labute approximate surface area is 117 Å². The van der Waals surface area contributed by atoms with Crippen LogP contribution in [-0.2, 0) is 4.79 Å². The number of nitrogens with one attached hydrogen (secondary N) is 1. The van der Waals surface area contributed by atoms with Gasteiger partial charge in [0, 0.05) is 12.6 Å². The second-order valence-electron chi connectivity index (χ2n) is 4.65. The summed E-state index contributed by atoms with van der Waals surface area (Å²) in [7, 11) is 1.47. The third kappa shape index (κ3) is 4.79. The van der Waals surface area contributed by atoms with Crippen LogP contribution >= 0.6 is 0 Å². The number of benzene rings is 1. The molecule has 20 heavy (non-hydrogen) atoms. The minimum absolute atomic E-state index is 0.0116.